The molecule has 15 heavy (non-hydrogen) atoms. The maximum absolute atomic E-state index is 9.54. The van der Waals surface area contributed by atoms with E-state index < -0.39 is 6.10 Å². The number of methoxy groups -OCH3 is 1. The van der Waals surface area contributed by atoms with Gasteiger partial charge in [-0.25, -0.2) is 0 Å². The van der Waals surface area contributed by atoms with Gasteiger partial charge in [0.25, 0.3) is 0 Å². The van der Waals surface area contributed by atoms with Crippen LogP contribution in [0.3, 0.4) is 0 Å². The standard InChI is InChI=1S/C10H17N3O2/c1-8-4-10(12-11-5-8)13(2)6-9(14)7-15-3/h4-5,9,14H,6-7H2,1-3H3. The van der Waals surface area contributed by atoms with Crippen LogP contribution in [-0.2, 0) is 4.74 Å². The number of rotatable bonds is 5. The normalized spacial score (nSPS) is 12.5. The van der Waals surface area contributed by atoms with Gasteiger partial charge in [-0.15, -0.1) is 5.10 Å². The third-order valence-corrected chi connectivity index (χ3v) is 2.01. The van der Waals surface area contributed by atoms with Crippen molar-refractivity contribution in [2.45, 2.75) is 13.0 Å². The van der Waals surface area contributed by atoms with Crippen molar-refractivity contribution >= 4 is 5.82 Å². The maximum atomic E-state index is 9.54. The van der Waals surface area contributed by atoms with Crippen molar-refractivity contribution in [2.24, 2.45) is 0 Å². The number of ether oxygens (including phenoxy) is 1. The van der Waals surface area contributed by atoms with Gasteiger partial charge in [-0.3, -0.25) is 0 Å². The summed E-state index contributed by atoms with van der Waals surface area (Å²) >= 11 is 0. The van der Waals surface area contributed by atoms with Crippen molar-refractivity contribution < 1.29 is 9.84 Å². The molecule has 5 heteroatoms. The molecule has 0 saturated heterocycles. The molecule has 0 aromatic carbocycles. The molecule has 0 amide bonds. The number of aryl methyl sites for hydroxylation is 1. The van der Waals surface area contributed by atoms with Gasteiger partial charge in [0.2, 0.25) is 0 Å². The molecule has 0 aliphatic rings. The van der Waals surface area contributed by atoms with E-state index in [-0.39, 0.29) is 0 Å². The Morgan fingerprint density at radius 1 is 1.60 bits per heavy atom. The smallest absolute Gasteiger partial charge is 0.151 e. The summed E-state index contributed by atoms with van der Waals surface area (Å²) in [4.78, 5) is 1.85. The molecular formula is C10H17N3O2. The SMILES string of the molecule is COCC(O)CN(C)c1cc(C)cnn1. The third-order valence-electron chi connectivity index (χ3n) is 2.01. The minimum absolute atomic E-state index is 0.323. The highest BCUT2D eigenvalue weighted by atomic mass is 16.5. The van der Waals surface area contributed by atoms with Crippen LogP contribution in [0.5, 0.6) is 0 Å². The Morgan fingerprint density at radius 3 is 2.93 bits per heavy atom. The maximum Gasteiger partial charge on any atom is 0.151 e. The van der Waals surface area contributed by atoms with Crippen LogP contribution in [0.25, 0.3) is 0 Å². The molecule has 1 aromatic rings. The first-order chi connectivity index (χ1) is 7.13. The summed E-state index contributed by atoms with van der Waals surface area (Å²) in [6.45, 7) is 2.76. The first kappa shape index (κ1) is 11.9. The monoisotopic (exact) mass is 211 g/mol. The predicted molar refractivity (Wildman–Crippen MR) is 57.9 cm³/mol. The second-order valence-corrected chi connectivity index (χ2v) is 3.58. The summed E-state index contributed by atoms with van der Waals surface area (Å²) in [6, 6.07) is 1.92. The molecule has 1 N–H and O–H groups in total. The van der Waals surface area contributed by atoms with Crippen LogP contribution in [0.15, 0.2) is 12.3 Å². The van der Waals surface area contributed by atoms with E-state index in [1.54, 1.807) is 13.3 Å². The Hall–Kier alpha value is -1.20. The fourth-order valence-corrected chi connectivity index (χ4v) is 1.29. The summed E-state index contributed by atoms with van der Waals surface area (Å²) in [7, 11) is 3.43. The number of hydrogen-bond acceptors (Lipinski definition) is 5. The molecule has 5 nitrogen and oxygen atoms in total. The van der Waals surface area contributed by atoms with Crippen molar-refractivity contribution in [1.82, 2.24) is 10.2 Å². The Kier molecular flexibility index (Phi) is 4.45. The van der Waals surface area contributed by atoms with Gasteiger partial charge in [-0.2, -0.15) is 5.10 Å². The summed E-state index contributed by atoms with van der Waals surface area (Å²) < 4.78 is 4.85. The summed E-state index contributed by atoms with van der Waals surface area (Å²) in [5.41, 5.74) is 1.05. The highest BCUT2D eigenvalue weighted by molar-refractivity contribution is 5.37. The third kappa shape index (κ3) is 3.81. The fourth-order valence-electron chi connectivity index (χ4n) is 1.29. The van der Waals surface area contributed by atoms with E-state index >= 15 is 0 Å². The topological polar surface area (TPSA) is 58.5 Å². The molecule has 1 aromatic heterocycles. The zero-order valence-electron chi connectivity index (χ0n) is 9.34. The number of aliphatic hydroxyl groups excluding tert-OH is 1. The summed E-state index contributed by atoms with van der Waals surface area (Å²) in [5, 5.41) is 17.4. The number of aliphatic hydroxyl groups is 1. The molecule has 1 rings (SSSR count). The highest BCUT2D eigenvalue weighted by Crippen LogP contribution is 2.08. The van der Waals surface area contributed by atoms with Gasteiger partial charge in [0.1, 0.15) is 0 Å². The summed E-state index contributed by atoms with van der Waals surface area (Å²) in [6.07, 6.45) is 1.19. The number of likely N-dealkylation sites (N-methyl/N-ethyl adjacent to an activating group) is 1. The van der Waals surface area contributed by atoms with Crippen LogP contribution < -0.4 is 4.90 Å². The number of anilines is 1. The lowest BCUT2D eigenvalue weighted by atomic mass is 10.3. The molecule has 84 valence electrons. The van der Waals surface area contributed by atoms with Crippen molar-refractivity contribution in [2.75, 3.05) is 32.2 Å². The molecular weight excluding hydrogens is 194 g/mol. The van der Waals surface area contributed by atoms with Crippen molar-refractivity contribution in [1.29, 1.82) is 0 Å². The molecule has 0 fully saturated rings. The molecule has 1 heterocycles. The first-order valence-electron chi connectivity index (χ1n) is 4.81. The van der Waals surface area contributed by atoms with E-state index in [4.69, 9.17) is 4.74 Å². The van der Waals surface area contributed by atoms with Gasteiger partial charge in [0.15, 0.2) is 5.82 Å². The van der Waals surface area contributed by atoms with Gasteiger partial charge in [-0.05, 0) is 18.6 Å². The molecule has 1 unspecified atom stereocenters. The molecule has 0 radical (unpaired) electrons. The first-order valence-corrected chi connectivity index (χ1v) is 4.81. The Balaban J connectivity index is 2.56. The largest absolute Gasteiger partial charge is 0.389 e. The molecule has 0 saturated carbocycles. The lowest BCUT2D eigenvalue weighted by molar-refractivity contribution is 0.0694. The van der Waals surface area contributed by atoms with Crippen LogP contribution in [-0.4, -0.2) is 48.7 Å². The lowest BCUT2D eigenvalue weighted by Gasteiger charge is -2.20. The number of nitrogens with zero attached hydrogens (tertiary/aromatic N) is 3. The van der Waals surface area contributed by atoms with Gasteiger partial charge < -0.3 is 14.7 Å². The fraction of sp³-hybridized carbons (Fsp3) is 0.600. The van der Waals surface area contributed by atoms with Crippen LogP contribution >= 0.6 is 0 Å². The summed E-state index contributed by atoms with van der Waals surface area (Å²) in [5.74, 6) is 0.755. The van der Waals surface area contributed by atoms with Crippen LogP contribution in [0.1, 0.15) is 5.56 Å². The van der Waals surface area contributed by atoms with E-state index in [0.29, 0.717) is 13.2 Å². The molecule has 1 atom stereocenters. The minimum atomic E-state index is -0.512. The van der Waals surface area contributed by atoms with E-state index in [1.807, 2.05) is 24.9 Å². The average Bonchev–Trinajstić information content (AvgIpc) is 2.18. The highest BCUT2D eigenvalue weighted by Gasteiger charge is 2.09. The quantitative estimate of drug-likeness (QED) is 0.755. The minimum Gasteiger partial charge on any atom is -0.389 e. The van der Waals surface area contributed by atoms with E-state index in [1.165, 1.54) is 0 Å². The van der Waals surface area contributed by atoms with Crippen LogP contribution in [0.2, 0.25) is 0 Å². The van der Waals surface area contributed by atoms with Gasteiger partial charge in [-0.1, -0.05) is 0 Å². The predicted octanol–water partition coefficient (Wildman–Crippen LogP) is 0.229. The Morgan fingerprint density at radius 2 is 2.33 bits per heavy atom. The van der Waals surface area contributed by atoms with Gasteiger partial charge in [0, 0.05) is 20.7 Å². The second-order valence-electron chi connectivity index (χ2n) is 3.58. The Labute approximate surface area is 89.7 Å². The number of hydrogen-bond donors (Lipinski definition) is 1. The molecule has 0 aliphatic carbocycles. The van der Waals surface area contributed by atoms with Crippen LogP contribution in [0.4, 0.5) is 5.82 Å². The van der Waals surface area contributed by atoms with Crippen molar-refractivity contribution in [3.05, 3.63) is 17.8 Å². The van der Waals surface area contributed by atoms with E-state index in [2.05, 4.69) is 10.2 Å². The van der Waals surface area contributed by atoms with E-state index in [0.717, 1.165) is 11.4 Å². The van der Waals surface area contributed by atoms with Gasteiger partial charge in [0.05, 0.1) is 18.9 Å². The lowest BCUT2D eigenvalue weighted by Crippen LogP contribution is -2.32. The Bertz CT molecular complexity index is 306. The average molecular weight is 211 g/mol. The van der Waals surface area contributed by atoms with Gasteiger partial charge >= 0.3 is 0 Å². The zero-order chi connectivity index (χ0) is 11.3. The van der Waals surface area contributed by atoms with Crippen molar-refractivity contribution in [3.8, 4) is 0 Å². The number of aromatic nitrogens is 2. The zero-order valence-corrected chi connectivity index (χ0v) is 9.34. The molecule has 0 spiro atoms. The second kappa shape index (κ2) is 5.63. The molecule has 0 aliphatic heterocycles. The van der Waals surface area contributed by atoms with Crippen molar-refractivity contribution in [3.63, 3.8) is 0 Å². The molecule has 0 bridgehead atoms. The van der Waals surface area contributed by atoms with E-state index in [9.17, 15) is 5.11 Å². The van der Waals surface area contributed by atoms with Crippen LogP contribution in [0, 0.1) is 6.92 Å².